The van der Waals surface area contributed by atoms with Crippen molar-refractivity contribution in [3.8, 4) is 0 Å². The highest BCUT2D eigenvalue weighted by Crippen LogP contribution is 2.31. The van der Waals surface area contributed by atoms with E-state index in [0.29, 0.717) is 11.0 Å². The standard InChI is InChI=1S/C12H8F3N3O/c1-17-9-4-7(12(13,14)15)2-3-8(9)18-6-16-5-10(18)11(17)19/h2-6H,1H3. The minimum atomic E-state index is -4.44. The molecule has 0 aliphatic carbocycles. The van der Waals surface area contributed by atoms with E-state index in [0.717, 1.165) is 12.1 Å². The maximum absolute atomic E-state index is 12.7. The summed E-state index contributed by atoms with van der Waals surface area (Å²) in [5.41, 5.74) is -0.124. The normalized spacial score (nSPS) is 12.4. The van der Waals surface area contributed by atoms with Gasteiger partial charge < -0.3 is 4.57 Å². The van der Waals surface area contributed by atoms with Crippen LogP contribution in [0.15, 0.2) is 35.5 Å². The first-order chi connectivity index (χ1) is 8.89. The Morgan fingerprint density at radius 2 is 1.89 bits per heavy atom. The van der Waals surface area contributed by atoms with Gasteiger partial charge in [-0.1, -0.05) is 0 Å². The Morgan fingerprint density at radius 3 is 2.58 bits per heavy atom. The van der Waals surface area contributed by atoms with Gasteiger partial charge in [-0.3, -0.25) is 9.20 Å². The van der Waals surface area contributed by atoms with E-state index in [9.17, 15) is 18.0 Å². The Hall–Kier alpha value is -2.31. The smallest absolute Gasteiger partial charge is 0.308 e. The Morgan fingerprint density at radius 1 is 1.16 bits per heavy atom. The molecule has 0 bridgehead atoms. The second-order valence-corrected chi connectivity index (χ2v) is 4.21. The van der Waals surface area contributed by atoms with Crippen LogP contribution in [0.3, 0.4) is 0 Å². The third kappa shape index (κ3) is 1.61. The van der Waals surface area contributed by atoms with E-state index in [4.69, 9.17) is 0 Å². The lowest BCUT2D eigenvalue weighted by atomic mass is 10.2. The zero-order valence-electron chi connectivity index (χ0n) is 9.77. The monoisotopic (exact) mass is 267 g/mol. The number of rotatable bonds is 0. The van der Waals surface area contributed by atoms with E-state index < -0.39 is 11.7 Å². The summed E-state index contributed by atoms with van der Waals surface area (Å²) in [4.78, 5) is 15.8. The molecule has 0 aliphatic rings. The predicted molar refractivity (Wildman–Crippen MR) is 62.9 cm³/mol. The SMILES string of the molecule is Cn1c(=O)c2cncn2c2ccc(C(F)(F)F)cc21. The first kappa shape index (κ1) is 11.8. The molecule has 2 aromatic heterocycles. The van der Waals surface area contributed by atoms with Crippen LogP contribution in [0.5, 0.6) is 0 Å². The van der Waals surface area contributed by atoms with Gasteiger partial charge >= 0.3 is 6.18 Å². The zero-order valence-corrected chi connectivity index (χ0v) is 9.77. The van der Waals surface area contributed by atoms with Crippen molar-refractivity contribution < 1.29 is 13.2 Å². The van der Waals surface area contributed by atoms with Crippen LogP contribution < -0.4 is 5.56 Å². The highest BCUT2D eigenvalue weighted by Gasteiger charge is 2.30. The van der Waals surface area contributed by atoms with Gasteiger partial charge in [-0.15, -0.1) is 0 Å². The highest BCUT2D eigenvalue weighted by molar-refractivity contribution is 5.79. The molecule has 0 fully saturated rings. The summed E-state index contributed by atoms with van der Waals surface area (Å²) in [5, 5.41) is 0. The van der Waals surface area contributed by atoms with E-state index in [1.807, 2.05) is 0 Å². The average Bonchev–Trinajstić information content (AvgIpc) is 2.83. The summed E-state index contributed by atoms with van der Waals surface area (Å²) in [6.45, 7) is 0. The van der Waals surface area contributed by atoms with Crippen LogP contribution >= 0.6 is 0 Å². The van der Waals surface area contributed by atoms with Crippen molar-refractivity contribution in [1.29, 1.82) is 0 Å². The van der Waals surface area contributed by atoms with Crippen molar-refractivity contribution in [2.45, 2.75) is 6.18 Å². The molecule has 0 N–H and O–H groups in total. The van der Waals surface area contributed by atoms with Crippen molar-refractivity contribution >= 4 is 16.6 Å². The molecule has 0 unspecified atom stereocenters. The Labute approximate surface area is 104 Å². The molecule has 0 saturated carbocycles. The lowest BCUT2D eigenvalue weighted by Crippen LogP contribution is -2.20. The maximum Gasteiger partial charge on any atom is 0.416 e. The third-order valence-electron chi connectivity index (χ3n) is 3.09. The van der Waals surface area contributed by atoms with Crippen LogP contribution in [0.4, 0.5) is 13.2 Å². The summed E-state index contributed by atoms with van der Waals surface area (Å²) >= 11 is 0. The number of halogens is 3. The third-order valence-corrected chi connectivity index (χ3v) is 3.09. The number of hydrogen-bond acceptors (Lipinski definition) is 2. The molecule has 3 aromatic rings. The summed E-state index contributed by atoms with van der Waals surface area (Å²) in [6.07, 6.45) is -1.64. The molecule has 0 radical (unpaired) electrons. The molecule has 19 heavy (non-hydrogen) atoms. The molecule has 0 saturated heterocycles. The fourth-order valence-electron chi connectivity index (χ4n) is 2.10. The van der Waals surface area contributed by atoms with Gasteiger partial charge in [0.2, 0.25) is 0 Å². The average molecular weight is 267 g/mol. The van der Waals surface area contributed by atoms with E-state index in [2.05, 4.69) is 4.98 Å². The number of fused-ring (bicyclic) bond motifs is 3. The van der Waals surface area contributed by atoms with Gasteiger partial charge in [-0.05, 0) is 18.2 Å². The van der Waals surface area contributed by atoms with Crippen molar-refractivity contribution in [2.24, 2.45) is 7.05 Å². The van der Waals surface area contributed by atoms with Gasteiger partial charge in [0.15, 0.2) is 0 Å². The van der Waals surface area contributed by atoms with Crippen LogP contribution in [-0.2, 0) is 13.2 Å². The van der Waals surface area contributed by atoms with E-state index in [-0.39, 0.29) is 11.1 Å². The van der Waals surface area contributed by atoms with Gasteiger partial charge in [0.05, 0.1) is 29.1 Å². The molecule has 2 heterocycles. The van der Waals surface area contributed by atoms with E-state index in [1.165, 1.54) is 34.6 Å². The van der Waals surface area contributed by atoms with Gasteiger partial charge in [0.1, 0.15) is 5.52 Å². The Kier molecular flexibility index (Phi) is 2.23. The molecule has 0 spiro atoms. The van der Waals surface area contributed by atoms with Crippen molar-refractivity contribution in [3.05, 3.63) is 46.6 Å². The second kappa shape index (κ2) is 3.59. The highest BCUT2D eigenvalue weighted by atomic mass is 19.4. The van der Waals surface area contributed by atoms with Crippen molar-refractivity contribution in [3.63, 3.8) is 0 Å². The van der Waals surface area contributed by atoms with Crippen LogP contribution in [-0.4, -0.2) is 14.0 Å². The first-order valence-electron chi connectivity index (χ1n) is 5.41. The molecule has 7 heteroatoms. The minimum absolute atomic E-state index is 0.213. The second-order valence-electron chi connectivity index (χ2n) is 4.21. The molecule has 4 nitrogen and oxygen atoms in total. The van der Waals surface area contributed by atoms with Gasteiger partial charge in [-0.25, -0.2) is 4.98 Å². The van der Waals surface area contributed by atoms with E-state index >= 15 is 0 Å². The fraction of sp³-hybridized carbons (Fsp3) is 0.167. The molecule has 98 valence electrons. The van der Waals surface area contributed by atoms with Gasteiger partial charge in [0.25, 0.3) is 5.56 Å². The summed E-state index contributed by atoms with van der Waals surface area (Å²) in [5.74, 6) is 0. The summed E-state index contributed by atoms with van der Waals surface area (Å²) < 4.78 is 40.8. The number of aromatic nitrogens is 3. The van der Waals surface area contributed by atoms with Crippen LogP contribution in [0.25, 0.3) is 16.6 Å². The number of alkyl halides is 3. The van der Waals surface area contributed by atoms with Gasteiger partial charge in [-0.2, -0.15) is 13.2 Å². The van der Waals surface area contributed by atoms with E-state index in [1.54, 1.807) is 0 Å². The Balaban J connectivity index is 2.50. The van der Waals surface area contributed by atoms with Crippen LogP contribution in [0, 0.1) is 0 Å². The van der Waals surface area contributed by atoms with Gasteiger partial charge in [0, 0.05) is 7.05 Å². The number of imidazole rings is 1. The zero-order chi connectivity index (χ0) is 13.8. The number of benzene rings is 1. The summed E-state index contributed by atoms with van der Waals surface area (Å²) in [6, 6.07) is 3.30. The van der Waals surface area contributed by atoms with Crippen LogP contribution in [0.1, 0.15) is 5.56 Å². The fourth-order valence-corrected chi connectivity index (χ4v) is 2.10. The molecular formula is C12H8F3N3O. The number of hydrogen-bond donors (Lipinski definition) is 0. The lowest BCUT2D eigenvalue weighted by Gasteiger charge is -2.11. The quantitative estimate of drug-likeness (QED) is 0.626. The molecule has 1 aromatic carbocycles. The Bertz CT molecular complexity index is 845. The molecule has 0 aliphatic heterocycles. The lowest BCUT2D eigenvalue weighted by molar-refractivity contribution is -0.137. The first-order valence-corrected chi connectivity index (χ1v) is 5.41. The summed E-state index contributed by atoms with van der Waals surface area (Å²) in [7, 11) is 1.44. The molecule has 0 atom stereocenters. The molecule has 3 rings (SSSR count). The molecule has 0 amide bonds. The number of aryl methyl sites for hydroxylation is 1. The van der Waals surface area contributed by atoms with Crippen LogP contribution in [0.2, 0.25) is 0 Å². The largest absolute Gasteiger partial charge is 0.416 e. The number of nitrogens with zero attached hydrogens (tertiary/aromatic N) is 3. The van der Waals surface area contributed by atoms with Crippen molar-refractivity contribution in [2.75, 3.05) is 0 Å². The maximum atomic E-state index is 12.7. The predicted octanol–water partition coefficient (Wildman–Crippen LogP) is 2.21. The molecular weight excluding hydrogens is 259 g/mol. The van der Waals surface area contributed by atoms with Crippen molar-refractivity contribution in [1.82, 2.24) is 14.0 Å². The minimum Gasteiger partial charge on any atom is -0.308 e. The topological polar surface area (TPSA) is 39.3 Å².